The number of aromatic nitrogens is 2. The lowest BCUT2D eigenvalue weighted by molar-refractivity contribution is 0.170. The maximum Gasteiger partial charge on any atom is 0.0924 e. The van der Waals surface area contributed by atoms with Gasteiger partial charge in [-0.1, -0.05) is 30.3 Å². The molecule has 4 rings (SSSR count). The minimum absolute atomic E-state index is 0. The number of rotatable bonds is 4. The topological polar surface area (TPSA) is 47.2 Å². The van der Waals surface area contributed by atoms with Crippen LogP contribution in [0.1, 0.15) is 12.1 Å². The van der Waals surface area contributed by atoms with Gasteiger partial charge in [-0.2, -0.15) is 5.10 Å². The van der Waals surface area contributed by atoms with E-state index in [2.05, 4.69) is 55.6 Å². The first kappa shape index (κ1) is 17.4. The zero-order chi connectivity index (χ0) is 15.5. The predicted molar refractivity (Wildman–Crippen MR) is 99.4 cm³/mol. The molecule has 1 aromatic heterocycles. The number of likely N-dealkylation sites (tertiary alicyclic amines) is 1. The summed E-state index contributed by atoms with van der Waals surface area (Å²) in [7, 11) is 0. The Morgan fingerprint density at radius 2 is 1.88 bits per heavy atom. The Balaban J connectivity index is 0.00000169. The lowest BCUT2D eigenvalue weighted by Crippen LogP contribution is -2.49. The van der Waals surface area contributed by atoms with Crippen LogP contribution in [0.3, 0.4) is 0 Å². The SMILES string of the molecule is Cl.c1ccc(-c2cc(CN3CCC(N4CCNCC4)C3)[nH]n2)cc1. The molecule has 0 amide bonds. The summed E-state index contributed by atoms with van der Waals surface area (Å²) in [5.41, 5.74) is 3.43. The summed E-state index contributed by atoms with van der Waals surface area (Å²) in [6, 6.07) is 13.3. The molecule has 1 atom stereocenters. The van der Waals surface area contributed by atoms with E-state index in [-0.39, 0.29) is 12.4 Å². The van der Waals surface area contributed by atoms with Crippen LogP contribution < -0.4 is 5.32 Å². The van der Waals surface area contributed by atoms with Crippen LogP contribution in [0.5, 0.6) is 0 Å². The highest BCUT2D eigenvalue weighted by Crippen LogP contribution is 2.21. The third-order valence-electron chi connectivity index (χ3n) is 5.01. The number of nitrogens with zero attached hydrogens (tertiary/aromatic N) is 3. The molecular weight excluding hydrogens is 322 g/mol. The fraction of sp³-hybridized carbons (Fsp3) is 0.500. The van der Waals surface area contributed by atoms with Gasteiger partial charge in [-0.3, -0.25) is 14.9 Å². The second kappa shape index (κ2) is 8.12. The van der Waals surface area contributed by atoms with Gasteiger partial charge in [0.2, 0.25) is 0 Å². The molecular formula is C18H26ClN5. The summed E-state index contributed by atoms with van der Waals surface area (Å²) < 4.78 is 0. The first-order valence-corrected chi connectivity index (χ1v) is 8.65. The van der Waals surface area contributed by atoms with Gasteiger partial charge in [0, 0.05) is 63.1 Å². The third-order valence-corrected chi connectivity index (χ3v) is 5.01. The van der Waals surface area contributed by atoms with Crippen LogP contribution in [-0.4, -0.2) is 65.3 Å². The van der Waals surface area contributed by atoms with Crippen molar-refractivity contribution in [1.29, 1.82) is 0 Å². The van der Waals surface area contributed by atoms with Crippen molar-refractivity contribution in [3.63, 3.8) is 0 Å². The van der Waals surface area contributed by atoms with Gasteiger partial charge < -0.3 is 5.32 Å². The minimum atomic E-state index is 0. The Kier molecular flexibility index (Phi) is 5.89. The normalized spacial score (nSPS) is 22.4. The van der Waals surface area contributed by atoms with E-state index >= 15 is 0 Å². The number of hydrogen-bond donors (Lipinski definition) is 2. The van der Waals surface area contributed by atoms with E-state index in [1.165, 1.54) is 43.9 Å². The van der Waals surface area contributed by atoms with Crippen LogP contribution >= 0.6 is 12.4 Å². The molecule has 2 aliphatic rings. The summed E-state index contributed by atoms with van der Waals surface area (Å²) in [5.74, 6) is 0. The molecule has 1 aromatic carbocycles. The fourth-order valence-corrected chi connectivity index (χ4v) is 3.74. The number of aromatic amines is 1. The third kappa shape index (κ3) is 3.98. The van der Waals surface area contributed by atoms with Crippen LogP contribution in [0.2, 0.25) is 0 Å². The van der Waals surface area contributed by atoms with Gasteiger partial charge in [0.15, 0.2) is 0 Å². The average Bonchev–Trinajstić information content (AvgIpc) is 3.27. The maximum absolute atomic E-state index is 4.47. The number of nitrogens with one attached hydrogen (secondary N) is 2. The highest BCUT2D eigenvalue weighted by molar-refractivity contribution is 5.85. The van der Waals surface area contributed by atoms with E-state index in [9.17, 15) is 0 Å². The first-order chi connectivity index (χ1) is 11.4. The van der Waals surface area contributed by atoms with Gasteiger partial charge in [0.25, 0.3) is 0 Å². The molecule has 2 aliphatic heterocycles. The molecule has 24 heavy (non-hydrogen) atoms. The van der Waals surface area contributed by atoms with Crippen LogP contribution in [0, 0.1) is 0 Å². The number of piperazine rings is 1. The number of H-pyrrole nitrogens is 1. The Morgan fingerprint density at radius 1 is 1.08 bits per heavy atom. The summed E-state index contributed by atoms with van der Waals surface area (Å²) >= 11 is 0. The Labute approximate surface area is 149 Å². The molecule has 130 valence electrons. The molecule has 2 fully saturated rings. The molecule has 0 saturated carbocycles. The molecule has 0 aliphatic carbocycles. The molecule has 0 radical (unpaired) electrons. The van der Waals surface area contributed by atoms with Gasteiger partial charge in [0.1, 0.15) is 0 Å². The van der Waals surface area contributed by atoms with Gasteiger partial charge in [-0.25, -0.2) is 0 Å². The number of benzene rings is 1. The molecule has 0 bridgehead atoms. The van der Waals surface area contributed by atoms with Crippen LogP contribution in [-0.2, 0) is 6.54 Å². The van der Waals surface area contributed by atoms with E-state index in [0.717, 1.165) is 31.4 Å². The van der Waals surface area contributed by atoms with E-state index in [1.54, 1.807) is 0 Å². The smallest absolute Gasteiger partial charge is 0.0924 e. The zero-order valence-corrected chi connectivity index (χ0v) is 14.8. The van der Waals surface area contributed by atoms with E-state index < -0.39 is 0 Å². The first-order valence-electron chi connectivity index (χ1n) is 8.65. The van der Waals surface area contributed by atoms with Gasteiger partial charge in [0.05, 0.1) is 5.69 Å². The maximum atomic E-state index is 4.47. The van der Waals surface area contributed by atoms with Crippen LogP contribution in [0.4, 0.5) is 0 Å². The number of hydrogen-bond acceptors (Lipinski definition) is 4. The van der Waals surface area contributed by atoms with Crippen molar-refractivity contribution in [2.24, 2.45) is 0 Å². The summed E-state index contributed by atoms with van der Waals surface area (Å²) in [6.45, 7) is 8.01. The van der Waals surface area contributed by atoms with Crippen molar-refractivity contribution >= 4 is 12.4 Å². The highest BCUT2D eigenvalue weighted by atomic mass is 35.5. The van der Waals surface area contributed by atoms with E-state index in [4.69, 9.17) is 0 Å². The van der Waals surface area contributed by atoms with Crippen molar-refractivity contribution in [3.8, 4) is 11.3 Å². The molecule has 2 aromatic rings. The van der Waals surface area contributed by atoms with E-state index in [1.807, 2.05) is 6.07 Å². The molecule has 6 heteroatoms. The molecule has 3 heterocycles. The molecule has 2 N–H and O–H groups in total. The van der Waals surface area contributed by atoms with Crippen LogP contribution in [0.25, 0.3) is 11.3 Å². The quantitative estimate of drug-likeness (QED) is 0.888. The van der Waals surface area contributed by atoms with Gasteiger partial charge in [-0.05, 0) is 12.5 Å². The molecule has 2 saturated heterocycles. The Bertz CT molecular complexity index is 623. The molecule has 5 nitrogen and oxygen atoms in total. The van der Waals surface area contributed by atoms with Crippen molar-refractivity contribution < 1.29 is 0 Å². The lowest BCUT2D eigenvalue weighted by Gasteiger charge is -2.32. The predicted octanol–water partition coefficient (Wildman–Crippen LogP) is 1.98. The summed E-state index contributed by atoms with van der Waals surface area (Å²) in [6.07, 6.45) is 1.29. The second-order valence-corrected chi connectivity index (χ2v) is 6.61. The van der Waals surface area contributed by atoms with Gasteiger partial charge in [-0.15, -0.1) is 12.4 Å². The largest absolute Gasteiger partial charge is 0.314 e. The van der Waals surface area contributed by atoms with Gasteiger partial charge >= 0.3 is 0 Å². The Hall–Kier alpha value is -1.40. The Morgan fingerprint density at radius 3 is 2.67 bits per heavy atom. The minimum Gasteiger partial charge on any atom is -0.314 e. The summed E-state index contributed by atoms with van der Waals surface area (Å²) in [5, 5.41) is 11.1. The zero-order valence-electron chi connectivity index (χ0n) is 13.9. The molecule has 0 spiro atoms. The monoisotopic (exact) mass is 347 g/mol. The number of halogens is 1. The van der Waals surface area contributed by atoms with Crippen molar-refractivity contribution in [3.05, 3.63) is 42.1 Å². The van der Waals surface area contributed by atoms with E-state index in [0.29, 0.717) is 0 Å². The summed E-state index contributed by atoms with van der Waals surface area (Å²) in [4.78, 5) is 5.20. The lowest BCUT2D eigenvalue weighted by atomic mass is 10.1. The standard InChI is InChI=1S/C18H25N5.ClH/c1-2-4-15(5-3-1)18-12-16(20-21-18)13-22-9-6-17(14-22)23-10-7-19-8-11-23;/h1-5,12,17,19H,6-11,13-14H2,(H,20,21);1H. The fourth-order valence-electron chi connectivity index (χ4n) is 3.74. The van der Waals surface area contributed by atoms with Crippen molar-refractivity contribution in [1.82, 2.24) is 25.3 Å². The van der Waals surface area contributed by atoms with Crippen molar-refractivity contribution in [2.45, 2.75) is 19.0 Å². The second-order valence-electron chi connectivity index (χ2n) is 6.61. The molecule has 1 unspecified atom stereocenters. The van der Waals surface area contributed by atoms with Crippen LogP contribution in [0.15, 0.2) is 36.4 Å². The van der Waals surface area contributed by atoms with Crippen molar-refractivity contribution in [2.75, 3.05) is 39.3 Å². The highest BCUT2D eigenvalue weighted by Gasteiger charge is 2.28. The average molecular weight is 348 g/mol.